The van der Waals surface area contributed by atoms with Gasteiger partial charge in [0.1, 0.15) is 0 Å². The first kappa shape index (κ1) is 26.0. The molecule has 4 rings (SSSR count). The Morgan fingerprint density at radius 2 is 1.61 bits per heavy atom. The minimum atomic E-state index is -5.08. The van der Waals surface area contributed by atoms with Crippen molar-refractivity contribution in [2.75, 3.05) is 26.2 Å². The van der Waals surface area contributed by atoms with Gasteiger partial charge < -0.3 is 5.11 Å². The number of carboxylic acids is 1. The van der Waals surface area contributed by atoms with Crippen molar-refractivity contribution in [2.45, 2.75) is 68.8 Å². The molecule has 0 bridgehead atoms. The summed E-state index contributed by atoms with van der Waals surface area (Å²) in [5, 5.41) is 7.12. The number of rotatable bonds is 5. The van der Waals surface area contributed by atoms with E-state index in [2.05, 4.69) is 4.90 Å². The number of piperidine rings is 1. The highest BCUT2D eigenvalue weighted by Crippen LogP contribution is 2.40. The average Bonchev–Trinajstić information content (AvgIpc) is 3.39. The van der Waals surface area contributed by atoms with Crippen LogP contribution in [0, 0.1) is 5.92 Å². The molecule has 2 aliphatic heterocycles. The van der Waals surface area contributed by atoms with Crippen LogP contribution in [-0.4, -0.2) is 66.6 Å². The number of sulfonamides is 1. The molecule has 1 unspecified atom stereocenters. The molecule has 1 aliphatic carbocycles. The van der Waals surface area contributed by atoms with E-state index < -0.39 is 22.2 Å². The van der Waals surface area contributed by atoms with Gasteiger partial charge in [-0.15, -0.1) is 0 Å². The van der Waals surface area contributed by atoms with Crippen LogP contribution in [0.1, 0.15) is 56.9 Å². The SMILES string of the molecule is O=C(O)C(F)(F)F.O=S(=O)(Cc1ccccc1)N1CCCC2(CCCN2CC2CCCC2)C1. The van der Waals surface area contributed by atoms with Crippen LogP contribution in [0.3, 0.4) is 0 Å². The molecule has 1 aromatic rings. The van der Waals surface area contributed by atoms with Crippen molar-refractivity contribution in [3.05, 3.63) is 35.9 Å². The average molecular weight is 491 g/mol. The third-order valence-corrected chi connectivity index (χ3v) is 8.84. The Labute approximate surface area is 193 Å². The fraction of sp³-hybridized carbons (Fsp3) is 0.696. The number of benzene rings is 1. The fourth-order valence-electron chi connectivity index (χ4n) is 5.43. The smallest absolute Gasteiger partial charge is 0.475 e. The molecular formula is C23H33F3N2O4S. The number of hydrogen-bond donors (Lipinski definition) is 1. The van der Waals surface area contributed by atoms with Crippen LogP contribution in [0.5, 0.6) is 0 Å². The molecule has 6 nitrogen and oxygen atoms in total. The number of carbonyl (C=O) groups is 1. The van der Waals surface area contributed by atoms with Gasteiger partial charge in [0, 0.05) is 25.2 Å². The molecule has 1 N–H and O–H groups in total. The summed E-state index contributed by atoms with van der Waals surface area (Å²) in [6, 6.07) is 9.61. The van der Waals surface area contributed by atoms with E-state index >= 15 is 0 Å². The molecular weight excluding hydrogens is 457 g/mol. The van der Waals surface area contributed by atoms with E-state index in [-0.39, 0.29) is 11.3 Å². The van der Waals surface area contributed by atoms with Crippen molar-refractivity contribution >= 4 is 16.0 Å². The van der Waals surface area contributed by atoms with Crippen LogP contribution in [0.2, 0.25) is 0 Å². The van der Waals surface area contributed by atoms with Crippen LogP contribution in [0.25, 0.3) is 0 Å². The molecule has 10 heteroatoms. The molecule has 2 saturated heterocycles. The van der Waals surface area contributed by atoms with Gasteiger partial charge in [-0.3, -0.25) is 4.90 Å². The van der Waals surface area contributed by atoms with Gasteiger partial charge in [0.2, 0.25) is 10.0 Å². The second-order valence-corrected chi connectivity index (χ2v) is 11.4. The van der Waals surface area contributed by atoms with Gasteiger partial charge in [-0.05, 0) is 56.6 Å². The lowest BCUT2D eigenvalue weighted by molar-refractivity contribution is -0.192. The maximum atomic E-state index is 13.1. The molecule has 2 heterocycles. The minimum Gasteiger partial charge on any atom is -0.475 e. The highest BCUT2D eigenvalue weighted by atomic mass is 32.2. The van der Waals surface area contributed by atoms with Gasteiger partial charge in [0.15, 0.2) is 0 Å². The van der Waals surface area contributed by atoms with E-state index in [0.29, 0.717) is 13.1 Å². The molecule has 33 heavy (non-hydrogen) atoms. The summed E-state index contributed by atoms with van der Waals surface area (Å²) in [7, 11) is -3.24. The normalized spacial score (nSPS) is 25.2. The van der Waals surface area contributed by atoms with E-state index in [0.717, 1.165) is 37.3 Å². The number of carboxylic acid groups (broad SMARTS) is 1. The zero-order chi connectivity index (χ0) is 24.1. The molecule has 0 amide bonds. The van der Waals surface area contributed by atoms with Crippen LogP contribution in [0.15, 0.2) is 30.3 Å². The van der Waals surface area contributed by atoms with Crippen molar-refractivity contribution in [3.8, 4) is 0 Å². The predicted molar refractivity (Wildman–Crippen MR) is 119 cm³/mol. The van der Waals surface area contributed by atoms with E-state index in [9.17, 15) is 21.6 Å². The molecule has 0 radical (unpaired) electrons. The Hall–Kier alpha value is -1.65. The summed E-state index contributed by atoms with van der Waals surface area (Å²) in [5.74, 6) is -1.79. The second-order valence-electron chi connectivity index (χ2n) is 9.41. The van der Waals surface area contributed by atoms with Crippen molar-refractivity contribution in [1.82, 2.24) is 9.21 Å². The Balaban J connectivity index is 0.000000383. The van der Waals surface area contributed by atoms with Crippen molar-refractivity contribution in [2.24, 2.45) is 5.92 Å². The standard InChI is InChI=1S/C21H32N2O2S.C2HF3O2/c24-26(25,17-20-10-2-1-3-11-20)23-15-7-13-21(18-23)12-6-14-22(21)16-19-8-4-5-9-19;3-2(4,5)1(6)7/h1-3,10-11,19H,4-9,12-18H2;(H,6,7). The first-order valence-electron chi connectivity index (χ1n) is 11.6. The summed E-state index contributed by atoms with van der Waals surface area (Å²) in [6.07, 6.45) is 4.94. The third-order valence-electron chi connectivity index (χ3n) is 7.04. The maximum Gasteiger partial charge on any atom is 0.490 e. The van der Waals surface area contributed by atoms with Gasteiger partial charge >= 0.3 is 12.1 Å². The van der Waals surface area contributed by atoms with E-state index in [1.807, 2.05) is 30.3 Å². The molecule has 186 valence electrons. The number of alkyl halides is 3. The largest absolute Gasteiger partial charge is 0.490 e. The molecule has 0 aromatic heterocycles. The summed E-state index contributed by atoms with van der Waals surface area (Å²) >= 11 is 0. The van der Waals surface area contributed by atoms with E-state index in [1.165, 1.54) is 38.6 Å². The molecule has 1 atom stereocenters. The summed E-state index contributed by atoms with van der Waals surface area (Å²) in [6.45, 7) is 3.73. The van der Waals surface area contributed by atoms with E-state index in [1.54, 1.807) is 4.31 Å². The number of hydrogen-bond acceptors (Lipinski definition) is 4. The van der Waals surface area contributed by atoms with Gasteiger partial charge in [0.05, 0.1) is 5.75 Å². The quantitative estimate of drug-likeness (QED) is 0.667. The molecule has 1 aromatic carbocycles. The Bertz CT molecular complexity index is 889. The maximum absolute atomic E-state index is 13.1. The number of aliphatic carboxylic acids is 1. The van der Waals surface area contributed by atoms with Crippen LogP contribution < -0.4 is 0 Å². The number of likely N-dealkylation sites (tertiary alicyclic amines) is 1. The lowest BCUT2D eigenvalue weighted by atomic mass is 9.87. The summed E-state index contributed by atoms with van der Waals surface area (Å²) in [5.41, 5.74) is 0.992. The Kier molecular flexibility index (Phi) is 8.45. The molecule has 1 spiro atoms. The molecule has 1 saturated carbocycles. The van der Waals surface area contributed by atoms with Gasteiger partial charge in [-0.2, -0.15) is 17.5 Å². The highest BCUT2D eigenvalue weighted by molar-refractivity contribution is 7.88. The van der Waals surface area contributed by atoms with Gasteiger partial charge in [0.25, 0.3) is 0 Å². The molecule has 3 aliphatic rings. The summed E-state index contributed by atoms with van der Waals surface area (Å²) in [4.78, 5) is 11.6. The zero-order valence-corrected chi connectivity index (χ0v) is 19.6. The highest BCUT2D eigenvalue weighted by Gasteiger charge is 2.46. The monoisotopic (exact) mass is 490 g/mol. The van der Waals surface area contributed by atoms with Crippen LogP contribution >= 0.6 is 0 Å². The van der Waals surface area contributed by atoms with Crippen molar-refractivity contribution in [1.29, 1.82) is 0 Å². The predicted octanol–water partition coefficient (Wildman–Crippen LogP) is 4.27. The number of nitrogens with zero attached hydrogens (tertiary/aromatic N) is 2. The summed E-state index contributed by atoms with van der Waals surface area (Å²) < 4.78 is 59.6. The van der Waals surface area contributed by atoms with Gasteiger partial charge in [-0.1, -0.05) is 43.2 Å². The van der Waals surface area contributed by atoms with Crippen molar-refractivity contribution in [3.63, 3.8) is 0 Å². The first-order chi connectivity index (χ1) is 15.5. The Morgan fingerprint density at radius 1 is 1.03 bits per heavy atom. The van der Waals surface area contributed by atoms with Gasteiger partial charge in [-0.25, -0.2) is 13.2 Å². The third kappa shape index (κ3) is 6.93. The fourth-order valence-corrected chi connectivity index (χ4v) is 7.07. The van der Waals surface area contributed by atoms with E-state index in [4.69, 9.17) is 9.90 Å². The first-order valence-corrected chi connectivity index (χ1v) is 13.2. The zero-order valence-electron chi connectivity index (χ0n) is 18.8. The minimum absolute atomic E-state index is 0.102. The lowest BCUT2D eigenvalue weighted by Gasteiger charge is -2.46. The van der Waals surface area contributed by atoms with Crippen LogP contribution in [-0.2, 0) is 20.6 Å². The topological polar surface area (TPSA) is 77.9 Å². The molecule has 3 fully saturated rings. The van der Waals surface area contributed by atoms with Crippen molar-refractivity contribution < 1.29 is 31.5 Å². The van der Waals surface area contributed by atoms with Crippen LogP contribution in [0.4, 0.5) is 13.2 Å². The second kappa shape index (κ2) is 10.7. The number of halogens is 3. The lowest BCUT2D eigenvalue weighted by Crippen LogP contribution is -2.57. The Morgan fingerprint density at radius 3 is 2.18 bits per heavy atom.